The van der Waals surface area contributed by atoms with E-state index in [-0.39, 0.29) is 12.0 Å². The van der Waals surface area contributed by atoms with Crippen molar-refractivity contribution in [3.8, 4) is 0 Å². The number of ether oxygens (including phenoxy) is 2. The Morgan fingerprint density at radius 2 is 2.08 bits per heavy atom. The fourth-order valence-electron chi connectivity index (χ4n) is 3.05. The van der Waals surface area contributed by atoms with Crippen LogP contribution in [0.4, 0.5) is 4.79 Å². The normalized spacial score (nSPS) is 22.8. The van der Waals surface area contributed by atoms with Gasteiger partial charge >= 0.3 is 6.09 Å². The van der Waals surface area contributed by atoms with Crippen LogP contribution in [-0.2, 0) is 16.0 Å². The van der Waals surface area contributed by atoms with E-state index in [0.717, 1.165) is 32.5 Å². The number of nitrogens with zero attached hydrogens (tertiary/aromatic N) is 4. The lowest BCUT2D eigenvalue weighted by atomic mass is 10.1. The van der Waals surface area contributed by atoms with Crippen molar-refractivity contribution in [2.24, 2.45) is 0 Å². The van der Waals surface area contributed by atoms with Gasteiger partial charge in [-0.15, -0.1) is 10.2 Å². The number of hydrogen-bond donors (Lipinski definition) is 0. The van der Waals surface area contributed by atoms with Gasteiger partial charge in [-0.25, -0.2) is 4.79 Å². The molecule has 1 unspecified atom stereocenters. The molecule has 1 aromatic rings. The summed E-state index contributed by atoms with van der Waals surface area (Å²) < 4.78 is 16.6. The van der Waals surface area contributed by atoms with Gasteiger partial charge in [0.1, 0.15) is 5.60 Å². The van der Waals surface area contributed by atoms with Gasteiger partial charge in [-0.1, -0.05) is 0 Å². The Labute approximate surface area is 148 Å². The highest BCUT2D eigenvalue weighted by molar-refractivity contribution is 5.68. The average Bonchev–Trinajstić information content (AvgIpc) is 3.14. The third-order valence-electron chi connectivity index (χ3n) is 4.36. The smallest absolute Gasteiger partial charge is 0.410 e. The maximum atomic E-state index is 12.2. The third kappa shape index (κ3) is 5.15. The SMILES string of the molecule is CC(C)(C)OC(=O)N1CCCN(Cc2nnc(C3CCOC3)o2)CC1. The quantitative estimate of drug-likeness (QED) is 0.823. The van der Waals surface area contributed by atoms with Gasteiger partial charge in [0, 0.05) is 32.8 Å². The first-order valence-corrected chi connectivity index (χ1v) is 9.01. The molecule has 8 heteroatoms. The lowest BCUT2D eigenvalue weighted by Gasteiger charge is -2.26. The van der Waals surface area contributed by atoms with E-state index >= 15 is 0 Å². The first-order valence-electron chi connectivity index (χ1n) is 9.01. The molecule has 1 atom stereocenters. The van der Waals surface area contributed by atoms with E-state index in [9.17, 15) is 4.79 Å². The standard InChI is InChI=1S/C17H28N4O4/c1-17(2,3)25-16(22)21-7-4-6-20(8-9-21)11-14-18-19-15(24-14)13-5-10-23-12-13/h13H,4-12H2,1-3H3. The maximum absolute atomic E-state index is 12.2. The minimum atomic E-state index is -0.465. The molecule has 0 aromatic carbocycles. The van der Waals surface area contributed by atoms with E-state index in [2.05, 4.69) is 15.1 Å². The highest BCUT2D eigenvalue weighted by atomic mass is 16.6. The van der Waals surface area contributed by atoms with Gasteiger partial charge < -0.3 is 18.8 Å². The minimum absolute atomic E-state index is 0.230. The molecular formula is C17H28N4O4. The van der Waals surface area contributed by atoms with Crippen molar-refractivity contribution < 1.29 is 18.7 Å². The van der Waals surface area contributed by atoms with Gasteiger partial charge in [-0.05, 0) is 33.6 Å². The predicted octanol–water partition coefficient (Wildman–Crippen LogP) is 2.02. The molecule has 0 bridgehead atoms. The van der Waals surface area contributed by atoms with Crippen LogP contribution in [0, 0.1) is 0 Å². The molecule has 25 heavy (non-hydrogen) atoms. The maximum Gasteiger partial charge on any atom is 0.410 e. The molecule has 3 rings (SSSR count). The molecule has 1 aromatic heterocycles. The molecule has 2 aliphatic heterocycles. The second kappa shape index (κ2) is 7.70. The number of aromatic nitrogens is 2. The molecule has 0 N–H and O–H groups in total. The van der Waals surface area contributed by atoms with E-state index in [1.165, 1.54) is 0 Å². The number of carbonyl (C=O) groups excluding carboxylic acids is 1. The van der Waals surface area contributed by atoms with Gasteiger partial charge in [0.25, 0.3) is 0 Å². The fourth-order valence-corrected chi connectivity index (χ4v) is 3.05. The lowest BCUT2D eigenvalue weighted by Crippen LogP contribution is -2.39. The fraction of sp³-hybridized carbons (Fsp3) is 0.824. The molecule has 0 radical (unpaired) electrons. The molecule has 0 saturated carbocycles. The van der Waals surface area contributed by atoms with Crippen molar-refractivity contribution in [1.29, 1.82) is 0 Å². The van der Waals surface area contributed by atoms with Crippen molar-refractivity contribution in [2.75, 3.05) is 39.4 Å². The van der Waals surface area contributed by atoms with E-state index in [0.29, 0.717) is 38.0 Å². The van der Waals surface area contributed by atoms with Crippen LogP contribution in [-0.4, -0.2) is 71.1 Å². The van der Waals surface area contributed by atoms with Crippen LogP contribution < -0.4 is 0 Å². The molecule has 1 amide bonds. The monoisotopic (exact) mass is 352 g/mol. The highest BCUT2D eigenvalue weighted by Crippen LogP contribution is 2.24. The summed E-state index contributed by atoms with van der Waals surface area (Å²) in [4.78, 5) is 16.2. The Morgan fingerprint density at radius 3 is 2.80 bits per heavy atom. The van der Waals surface area contributed by atoms with Crippen LogP contribution in [0.1, 0.15) is 51.3 Å². The molecule has 2 saturated heterocycles. The summed E-state index contributed by atoms with van der Waals surface area (Å²) in [5.41, 5.74) is -0.465. The van der Waals surface area contributed by atoms with Crippen LogP contribution in [0.25, 0.3) is 0 Å². The molecule has 0 spiro atoms. The molecular weight excluding hydrogens is 324 g/mol. The van der Waals surface area contributed by atoms with Crippen molar-refractivity contribution >= 4 is 6.09 Å². The summed E-state index contributed by atoms with van der Waals surface area (Å²) in [7, 11) is 0. The Kier molecular flexibility index (Phi) is 5.58. The number of hydrogen-bond acceptors (Lipinski definition) is 7. The second-order valence-electron chi connectivity index (χ2n) is 7.69. The summed E-state index contributed by atoms with van der Waals surface area (Å²) in [5.74, 6) is 1.54. The zero-order valence-corrected chi connectivity index (χ0v) is 15.4. The third-order valence-corrected chi connectivity index (χ3v) is 4.36. The van der Waals surface area contributed by atoms with Gasteiger partial charge in [0.2, 0.25) is 11.8 Å². The summed E-state index contributed by atoms with van der Waals surface area (Å²) >= 11 is 0. The van der Waals surface area contributed by atoms with Gasteiger partial charge in [-0.2, -0.15) is 0 Å². The molecule has 2 fully saturated rings. The number of amides is 1. The molecule has 8 nitrogen and oxygen atoms in total. The van der Waals surface area contributed by atoms with E-state index in [1.54, 1.807) is 4.90 Å². The van der Waals surface area contributed by atoms with E-state index in [4.69, 9.17) is 13.9 Å². The van der Waals surface area contributed by atoms with Crippen LogP contribution in [0.3, 0.4) is 0 Å². The minimum Gasteiger partial charge on any atom is -0.444 e. The van der Waals surface area contributed by atoms with Crippen molar-refractivity contribution in [3.63, 3.8) is 0 Å². The van der Waals surface area contributed by atoms with Gasteiger partial charge in [-0.3, -0.25) is 4.90 Å². The summed E-state index contributed by atoms with van der Waals surface area (Å²) in [6.45, 7) is 10.7. The van der Waals surface area contributed by atoms with Crippen LogP contribution in [0.15, 0.2) is 4.42 Å². The summed E-state index contributed by atoms with van der Waals surface area (Å²) in [6.07, 6.45) is 1.60. The Hall–Kier alpha value is -1.67. The topological polar surface area (TPSA) is 80.9 Å². The predicted molar refractivity (Wildman–Crippen MR) is 90.2 cm³/mol. The molecule has 140 valence electrons. The zero-order valence-electron chi connectivity index (χ0n) is 15.4. The van der Waals surface area contributed by atoms with Crippen molar-refractivity contribution in [3.05, 3.63) is 11.8 Å². The van der Waals surface area contributed by atoms with Gasteiger partial charge in [0.05, 0.1) is 19.1 Å². The van der Waals surface area contributed by atoms with Crippen LogP contribution in [0.2, 0.25) is 0 Å². The second-order valence-corrected chi connectivity index (χ2v) is 7.69. The van der Waals surface area contributed by atoms with E-state index in [1.807, 2.05) is 20.8 Å². The molecule has 0 aliphatic carbocycles. The largest absolute Gasteiger partial charge is 0.444 e. The number of carbonyl (C=O) groups is 1. The summed E-state index contributed by atoms with van der Waals surface area (Å²) in [5, 5.41) is 8.33. The Morgan fingerprint density at radius 1 is 1.24 bits per heavy atom. The van der Waals surface area contributed by atoms with Crippen molar-refractivity contribution in [2.45, 2.75) is 51.7 Å². The van der Waals surface area contributed by atoms with E-state index < -0.39 is 5.60 Å². The Bertz CT molecular complexity index is 577. The van der Waals surface area contributed by atoms with Crippen molar-refractivity contribution in [1.82, 2.24) is 20.0 Å². The van der Waals surface area contributed by atoms with Crippen LogP contribution >= 0.6 is 0 Å². The van der Waals surface area contributed by atoms with Gasteiger partial charge in [0.15, 0.2) is 0 Å². The van der Waals surface area contributed by atoms with Crippen LogP contribution in [0.5, 0.6) is 0 Å². The molecule has 3 heterocycles. The zero-order chi connectivity index (χ0) is 17.9. The number of rotatable bonds is 3. The lowest BCUT2D eigenvalue weighted by molar-refractivity contribution is 0.0257. The first kappa shape index (κ1) is 18.1. The summed E-state index contributed by atoms with van der Waals surface area (Å²) in [6, 6.07) is 0. The molecule has 2 aliphatic rings. The Balaban J connectivity index is 1.50. The first-order chi connectivity index (χ1) is 11.9. The average molecular weight is 352 g/mol. The highest BCUT2D eigenvalue weighted by Gasteiger charge is 2.26.